The molecule has 0 fully saturated rings. The minimum atomic E-state index is -1.17. The van der Waals surface area contributed by atoms with Gasteiger partial charge in [-0.15, -0.1) is 0 Å². The van der Waals surface area contributed by atoms with Crippen LogP contribution < -0.4 is 10.5 Å². The van der Waals surface area contributed by atoms with Crippen LogP contribution in [0.25, 0.3) is 0 Å². The molecule has 4 heteroatoms. The van der Waals surface area contributed by atoms with Crippen molar-refractivity contribution >= 4 is 16.5 Å². The third-order valence-electron chi connectivity index (χ3n) is 3.19. The summed E-state index contributed by atoms with van der Waals surface area (Å²) in [5.74, 6) is 1.13. The van der Waals surface area contributed by atoms with Crippen LogP contribution in [0.5, 0.6) is 5.75 Å². The molecule has 0 spiro atoms. The van der Waals surface area contributed by atoms with Crippen molar-refractivity contribution in [3.8, 4) is 5.75 Å². The van der Waals surface area contributed by atoms with Crippen molar-refractivity contribution in [1.82, 2.24) is 0 Å². The van der Waals surface area contributed by atoms with Gasteiger partial charge in [0.2, 0.25) is 0 Å². The number of nitrogens with two attached hydrogens (primary N) is 1. The topological polar surface area (TPSA) is 52.3 Å². The lowest BCUT2D eigenvalue weighted by Gasteiger charge is -2.08. The Morgan fingerprint density at radius 2 is 1.75 bits per heavy atom. The normalized spacial score (nSPS) is 12.1. The van der Waals surface area contributed by atoms with Crippen LogP contribution in [0.1, 0.15) is 18.1 Å². The number of benzene rings is 2. The molecule has 2 aromatic carbocycles. The number of nitrogen functional groups attached to an aromatic ring is 1. The zero-order valence-corrected chi connectivity index (χ0v) is 12.6. The number of aryl methyl sites for hydroxylation is 1. The van der Waals surface area contributed by atoms with Gasteiger partial charge in [-0.25, -0.2) is 0 Å². The number of anilines is 1. The molecule has 20 heavy (non-hydrogen) atoms. The van der Waals surface area contributed by atoms with Gasteiger partial charge in [-0.1, -0.05) is 31.2 Å². The Bertz CT molecular complexity index is 608. The van der Waals surface area contributed by atoms with E-state index in [1.165, 1.54) is 5.56 Å². The predicted octanol–water partition coefficient (Wildman–Crippen LogP) is 3.15. The first kappa shape index (κ1) is 14.6. The average Bonchev–Trinajstić information content (AvgIpc) is 2.48. The van der Waals surface area contributed by atoms with Crippen LogP contribution in [0.4, 0.5) is 5.69 Å². The maximum absolute atomic E-state index is 12.4. The molecule has 0 saturated heterocycles. The van der Waals surface area contributed by atoms with Crippen LogP contribution in [0.3, 0.4) is 0 Å². The minimum absolute atomic E-state index is 0.460. The molecule has 0 amide bonds. The maximum Gasteiger partial charge on any atom is 0.120 e. The van der Waals surface area contributed by atoms with Crippen molar-refractivity contribution in [2.24, 2.45) is 0 Å². The largest absolute Gasteiger partial charge is 0.497 e. The fraction of sp³-hybridized carbons (Fsp3) is 0.250. The lowest BCUT2D eigenvalue weighted by Crippen LogP contribution is -2.01. The number of ether oxygens (including phenoxy) is 1. The minimum Gasteiger partial charge on any atom is -0.497 e. The number of hydrogen-bond acceptors (Lipinski definition) is 3. The first-order chi connectivity index (χ1) is 9.63. The summed E-state index contributed by atoms with van der Waals surface area (Å²) < 4.78 is 17.6. The highest BCUT2D eigenvalue weighted by Crippen LogP contribution is 2.24. The van der Waals surface area contributed by atoms with E-state index in [-0.39, 0.29) is 0 Å². The van der Waals surface area contributed by atoms with Crippen molar-refractivity contribution in [3.05, 3.63) is 53.6 Å². The summed E-state index contributed by atoms with van der Waals surface area (Å²) in [5, 5.41) is 0. The summed E-state index contributed by atoms with van der Waals surface area (Å²) in [6.07, 6.45) is 1.01. The van der Waals surface area contributed by atoms with E-state index in [9.17, 15) is 4.21 Å². The zero-order valence-electron chi connectivity index (χ0n) is 11.8. The van der Waals surface area contributed by atoms with Gasteiger partial charge in [-0.2, -0.15) is 0 Å². The third-order valence-corrected chi connectivity index (χ3v) is 4.63. The van der Waals surface area contributed by atoms with E-state index in [0.29, 0.717) is 22.1 Å². The van der Waals surface area contributed by atoms with E-state index in [2.05, 4.69) is 19.1 Å². The Hall–Kier alpha value is -1.81. The fourth-order valence-electron chi connectivity index (χ4n) is 1.94. The van der Waals surface area contributed by atoms with Crippen molar-refractivity contribution in [2.45, 2.75) is 24.0 Å². The van der Waals surface area contributed by atoms with Crippen LogP contribution in [0.15, 0.2) is 47.4 Å². The fourth-order valence-corrected chi connectivity index (χ4v) is 3.17. The molecule has 0 aromatic heterocycles. The monoisotopic (exact) mass is 289 g/mol. The summed E-state index contributed by atoms with van der Waals surface area (Å²) in [6.45, 7) is 2.12. The van der Waals surface area contributed by atoms with E-state index in [1.54, 1.807) is 25.3 Å². The Balaban J connectivity index is 2.18. The number of rotatable bonds is 5. The van der Waals surface area contributed by atoms with E-state index >= 15 is 0 Å². The van der Waals surface area contributed by atoms with Gasteiger partial charge in [-0.05, 0) is 35.7 Å². The Morgan fingerprint density at radius 3 is 2.35 bits per heavy atom. The summed E-state index contributed by atoms with van der Waals surface area (Å²) in [7, 11) is 0.414. The van der Waals surface area contributed by atoms with Crippen molar-refractivity contribution in [1.29, 1.82) is 0 Å². The molecular weight excluding hydrogens is 270 g/mol. The van der Waals surface area contributed by atoms with Crippen LogP contribution in [0.2, 0.25) is 0 Å². The smallest absolute Gasteiger partial charge is 0.120 e. The molecule has 0 aliphatic rings. The molecule has 3 nitrogen and oxygen atoms in total. The molecule has 0 aliphatic carbocycles. The molecule has 0 heterocycles. The maximum atomic E-state index is 12.4. The quantitative estimate of drug-likeness (QED) is 0.860. The second-order valence-electron chi connectivity index (χ2n) is 4.56. The lowest BCUT2D eigenvalue weighted by molar-refractivity contribution is 0.413. The van der Waals surface area contributed by atoms with Gasteiger partial charge in [0.15, 0.2) is 0 Å². The van der Waals surface area contributed by atoms with Crippen molar-refractivity contribution < 1.29 is 8.95 Å². The molecule has 2 aromatic rings. The van der Waals surface area contributed by atoms with E-state index in [4.69, 9.17) is 10.5 Å². The summed E-state index contributed by atoms with van der Waals surface area (Å²) >= 11 is 0. The molecule has 1 unspecified atom stereocenters. The van der Waals surface area contributed by atoms with E-state index in [0.717, 1.165) is 12.0 Å². The van der Waals surface area contributed by atoms with Gasteiger partial charge in [0, 0.05) is 5.69 Å². The highest BCUT2D eigenvalue weighted by molar-refractivity contribution is 7.84. The summed E-state index contributed by atoms with van der Waals surface area (Å²) in [6, 6.07) is 13.4. The van der Waals surface area contributed by atoms with Crippen LogP contribution in [0, 0.1) is 0 Å². The van der Waals surface area contributed by atoms with Crippen LogP contribution in [-0.2, 0) is 23.0 Å². The molecule has 0 aliphatic heterocycles. The van der Waals surface area contributed by atoms with Crippen LogP contribution >= 0.6 is 0 Å². The predicted molar refractivity (Wildman–Crippen MR) is 83.3 cm³/mol. The molecule has 0 saturated carbocycles. The van der Waals surface area contributed by atoms with Gasteiger partial charge in [0.1, 0.15) is 5.75 Å². The first-order valence-corrected chi connectivity index (χ1v) is 7.85. The number of methoxy groups -OCH3 is 1. The molecule has 0 bridgehead atoms. The summed E-state index contributed by atoms with van der Waals surface area (Å²) in [4.78, 5) is 0.629. The van der Waals surface area contributed by atoms with Gasteiger partial charge >= 0.3 is 0 Å². The average molecular weight is 289 g/mol. The van der Waals surface area contributed by atoms with E-state index < -0.39 is 10.8 Å². The van der Waals surface area contributed by atoms with Crippen molar-refractivity contribution in [2.75, 3.05) is 12.8 Å². The molecule has 2 rings (SSSR count). The first-order valence-electron chi connectivity index (χ1n) is 6.53. The standard InChI is InChI=1S/C16H19NO2S/c1-3-12-4-6-13(7-5-12)11-20(18)16-10-14(19-2)8-9-15(16)17/h4-10H,3,11,17H2,1-2H3. The second kappa shape index (κ2) is 6.57. The zero-order chi connectivity index (χ0) is 14.5. The molecule has 2 N–H and O–H groups in total. The van der Waals surface area contributed by atoms with E-state index in [1.807, 2.05) is 12.1 Å². The Kier molecular flexibility index (Phi) is 4.79. The van der Waals surface area contributed by atoms with Gasteiger partial charge < -0.3 is 10.5 Å². The Morgan fingerprint density at radius 1 is 1.10 bits per heavy atom. The summed E-state index contributed by atoms with van der Waals surface area (Å²) in [5.41, 5.74) is 8.75. The van der Waals surface area contributed by atoms with Gasteiger partial charge in [0.05, 0.1) is 28.6 Å². The molecule has 0 radical (unpaired) electrons. The van der Waals surface area contributed by atoms with Crippen LogP contribution in [-0.4, -0.2) is 11.3 Å². The lowest BCUT2D eigenvalue weighted by atomic mass is 10.1. The van der Waals surface area contributed by atoms with Gasteiger partial charge in [0.25, 0.3) is 0 Å². The Labute approximate surface area is 122 Å². The highest BCUT2D eigenvalue weighted by Gasteiger charge is 2.10. The third kappa shape index (κ3) is 3.39. The molecule has 106 valence electrons. The second-order valence-corrected chi connectivity index (χ2v) is 5.98. The SMILES string of the molecule is CCc1ccc(CS(=O)c2cc(OC)ccc2N)cc1. The van der Waals surface area contributed by atoms with Gasteiger partial charge in [-0.3, -0.25) is 4.21 Å². The molecular formula is C16H19NO2S. The molecule has 1 atom stereocenters. The van der Waals surface area contributed by atoms with Crippen molar-refractivity contribution in [3.63, 3.8) is 0 Å². The number of hydrogen-bond donors (Lipinski definition) is 1. The highest BCUT2D eigenvalue weighted by atomic mass is 32.2.